The van der Waals surface area contributed by atoms with Crippen molar-refractivity contribution >= 4 is 27.3 Å². The Labute approximate surface area is 122 Å². The van der Waals surface area contributed by atoms with Crippen LogP contribution in [0.2, 0.25) is 5.02 Å². The first-order valence-electron chi connectivity index (χ1n) is 5.74. The number of phenolic OH excluding ortho intramolecular Hbond substituents is 1. The highest BCUT2D eigenvalue weighted by molar-refractivity contribution is 7.92. The maximum atomic E-state index is 12.4. The van der Waals surface area contributed by atoms with Gasteiger partial charge in [-0.3, -0.25) is 9.40 Å². The van der Waals surface area contributed by atoms with Gasteiger partial charge in [0.15, 0.2) is 0 Å². The van der Waals surface area contributed by atoms with Crippen LogP contribution < -0.4 is 4.72 Å². The summed E-state index contributed by atoms with van der Waals surface area (Å²) >= 11 is 5.71. The normalized spacial score (nSPS) is 11.6. The van der Waals surface area contributed by atoms with Crippen LogP contribution in [0.5, 0.6) is 5.75 Å². The summed E-state index contributed by atoms with van der Waals surface area (Å²) in [4.78, 5) is 0.106. The fourth-order valence-electron chi connectivity index (χ4n) is 1.93. The lowest BCUT2D eigenvalue weighted by Gasteiger charge is -2.10. The Morgan fingerprint density at radius 1 is 1.35 bits per heavy atom. The number of phenols is 1. The van der Waals surface area contributed by atoms with Gasteiger partial charge in [-0.25, -0.2) is 8.42 Å². The van der Waals surface area contributed by atoms with Crippen molar-refractivity contribution in [3.63, 3.8) is 0 Å². The average molecular weight is 316 g/mol. The van der Waals surface area contributed by atoms with E-state index in [2.05, 4.69) is 9.82 Å². The SMILES string of the molecule is Cc1nn(C)c(C)c1S(=O)(=O)Nc1ccc(Cl)cc1O. The summed E-state index contributed by atoms with van der Waals surface area (Å²) in [7, 11) is -2.16. The van der Waals surface area contributed by atoms with Crippen molar-refractivity contribution in [1.82, 2.24) is 9.78 Å². The predicted molar refractivity (Wildman–Crippen MR) is 76.6 cm³/mol. The molecule has 0 aliphatic carbocycles. The van der Waals surface area contributed by atoms with Gasteiger partial charge in [-0.2, -0.15) is 5.10 Å². The van der Waals surface area contributed by atoms with Gasteiger partial charge < -0.3 is 5.11 Å². The molecule has 0 spiro atoms. The quantitative estimate of drug-likeness (QED) is 0.850. The van der Waals surface area contributed by atoms with Crippen molar-refractivity contribution in [3.8, 4) is 5.75 Å². The third kappa shape index (κ3) is 2.59. The molecule has 108 valence electrons. The molecule has 0 unspecified atom stereocenters. The maximum absolute atomic E-state index is 12.4. The predicted octanol–water partition coefficient (Wildman–Crippen LogP) is 2.20. The van der Waals surface area contributed by atoms with Crippen LogP contribution in [0.1, 0.15) is 11.4 Å². The molecule has 0 bridgehead atoms. The molecule has 2 aromatic rings. The highest BCUT2D eigenvalue weighted by Gasteiger charge is 2.24. The first-order chi connectivity index (χ1) is 9.22. The van der Waals surface area contributed by atoms with Crippen molar-refractivity contribution < 1.29 is 13.5 Å². The fourth-order valence-corrected chi connectivity index (χ4v) is 3.61. The van der Waals surface area contributed by atoms with E-state index in [9.17, 15) is 13.5 Å². The van der Waals surface area contributed by atoms with Crippen LogP contribution in [0.25, 0.3) is 0 Å². The number of hydrogen-bond acceptors (Lipinski definition) is 4. The fraction of sp³-hybridized carbons (Fsp3) is 0.250. The molecule has 1 heterocycles. The molecular weight excluding hydrogens is 302 g/mol. The number of sulfonamides is 1. The molecule has 8 heteroatoms. The molecule has 0 radical (unpaired) electrons. The molecule has 0 atom stereocenters. The second-order valence-corrected chi connectivity index (χ2v) is 6.45. The first-order valence-corrected chi connectivity index (χ1v) is 7.60. The Balaban J connectivity index is 2.46. The van der Waals surface area contributed by atoms with E-state index in [0.29, 0.717) is 16.4 Å². The molecule has 0 aliphatic rings. The average Bonchev–Trinajstić information content (AvgIpc) is 2.57. The van der Waals surface area contributed by atoms with E-state index in [4.69, 9.17) is 11.6 Å². The van der Waals surface area contributed by atoms with E-state index in [-0.39, 0.29) is 16.3 Å². The van der Waals surface area contributed by atoms with E-state index in [1.165, 1.54) is 22.9 Å². The minimum Gasteiger partial charge on any atom is -0.506 e. The lowest BCUT2D eigenvalue weighted by Crippen LogP contribution is -2.15. The van der Waals surface area contributed by atoms with E-state index in [1.807, 2.05) is 0 Å². The second kappa shape index (κ2) is 4.99. The van der Waals surface area contributed by atoms with Crippen LogP contribution in [0.4, 0.5) is 5.69 Å². The number of aromatic hydroxyl groups is 1. The number of aryl methyl sites for hydroxylation is 2. The molecule has 2 N–H and O–H groups in total. The summed E-state index contributed by atoms with van der Waals surface area (Å²) in [6.07, 6.45) is 0. The van der Waals surface area contributed by atoms with Gasteiger partial charge >= 0.3 is 0 Å². The Hall–Kier alpha value is -1.73. The minimum atomic E-state index is -3.83. The number of rotatable bonds is 3. The van der Waals surface area contributed by atoms with Gasteiger partial charge in [0.2, 0.25) is 0 Å². The third-order valence-corrected chi connectivity index (χ3v) is 4.77. The van der Waals surface area contributed by atoms with Gasteiger partial charge in [0, 0.05) is 18.1 Å². The topological polar surface area (TPSA) is 84.2 Å². The number of anilines is 1. The number of hydrogen-bond donors (Lipinski definition) is 2. The molecule has 0 aliphatic heterocycles. The molecule has 0 saturated heterocycles. The Bertz CT molecular complexity index is 768. The van der Waals surface area contributed by atoms with E-state index in [0.717, 1.165) is 0 Å². The molecule has 1 aromatic heterocycles. The van der Waals surface area contributed by atoms with Crippen molar-refractivity contribution in [2.45, 2.75) is 18.7 Å². The van der Waals surface area contributed by atoms with E-state index in [1.54, 1.807) is 20.9 Å². The van der Waals surface area contributed by atoms with E-state index >= 15 is 0 Å². The third-order valence-electron chi connectivity index (χ3n) is 2.92. The summed E-state index contributed by atoms with van der Waals surface area (Å²) in [6.45, 7) is 3.28. The van der Waals surface area contributed by atoms with Crippen LogP contribution in [0.3, 0.4) is 0 Å². The molecule has 1 aromatic carbocycles. The van der Waals surface area contributed by atoms with Crippen molar-refractivity contribution in [2.75, 3.05) is 4.72 Å². The number of nitrogens with zero attached hydrogens (tertiary/aromatic N) is 2. The summed E-state index contributed by atoms with van der Waals surface area (Å²) in [5.41, 5.74) is 0.978. The summed E-state index contributed by atoms with van der Waals surface area (Å²) in [5, 5.41) is 14.1. The Morgan fingerprint density at radius 3 is 2.50 bits per heavy atom. The van der Waals surface area contributed by atoms with Crippen LogP contribution in [0, 0.1) is 13.8 Å². The van der Waals surface area contributed by atoms with Gasteiger partial charge in [-0.05, 0) is 26.0 Å². The summed E-state index contributed by atoms with van der Waals surface area (Å²) in [6, 6.07) is 4.15. The van der Waals surface area contributed by atoms with Crippen molar-refractivity contribution in [3.05, 3.63) is 34.6 Å². The highest BCUT2D eigenvalue weighted by Crippen LogP contribution is 2.30. The Kier molecular flexibility index (Phi) is 3.66. The number of nitrogens with one attached hydrogen (secondary N) is 1. The van der Waals surface area contributed by atoms with E-state index < -0.39 is 10.0 Å². The second-order valence-electron chi connectivity index (χ2n) is 4.39. The lowest BCUT2D eigenvalue weighted by atomic mass is 10.3. The Morgan fingerprint density at radius 2 is 2.00 bits per heavy atom. The highest BCUT2D eigenvalue weighted by atomic mass is 35.5. The minimum absolute atomic E-state index is 0.0667. The molecule has 2 rings (SSSR count). The molecule has 0 amide bonds. The van der Waals surface area contributed by atoms with Crippen molar-refractivity contribution in [2.24, 2.45) is 7.05 Å². The standard InChI is InChI=1S/C12H14ClN3O3S/c1-7-12(8(2)16(3)14-7)20(18,19)15-10-5-4-9(13)6-11(10)17/h4-6,15,17H,1-3H3. The van der Waals surface area contributed by atoms with Gasteiger partial charge in [0.05, 0.1) is 17.1 Å². The van der Waals surface area contributed by atoms with Crippen molar-refractivity contribution in [1.29, 1.82) is 0 Å². The number of benzene rings is 1. The largest absolute Gasteiger partial charge is 0.506 e. The lowest BCUT2D eigenvalue weighted by molar-refractivity contribution is 0.477. The zero-order valence-electron chi connectivity index (χ0n) is 11.2. The first kappa shape index (κ1) is 14.7. The monoisotopic (exact) mass is 315 g/mol. The molecule has 0 saturated carbocycles. The number of aromatic nitrogens is 2. The summed E-state index contributed by atoms with van der Waals surface area (Å²) in [5.74, 6) is -0.236. The maximum Gasteiger partial charge on any atom is 0.265 e. The van der Waals surface area contributed by atoms with Crippen LogP contribution in [-0.4, -0.2) is 23.3 Å². The molecule has 20 heavy (non-hydrogen) atoms. The molecule has 6 nitrogen and oxygen atoms in total. The number of halogens is 1. The zero-order valence-corrected chi connectivity index (χ0v) is 12.7. The molecule has 0 fully saturated rings. The van der Waals surface area contributed by atoms with Gasteiger partial charge in [0.1, 0.15) is 10.6 Å². The zero-order chi connectivity index (χ0) is 15.1. The molecular formula is C12H14ClN3O3S. The smallest absolute Gasteiger partial charge is 0.265 e. The van der Waals surface area contributed by atoms with Gasteiger partial charge in [-0.15, -0.1) is 0 Å². The summed E-state index contributed by atoms with van der Waals surface area (Å²) < 4.78 is 28.6. The van der Waals surface area contributed by atoms with Crippen LogP contribution >= 0.6 is 11.6 Å². The van der Waals surface area contributed by atoms with Gasteiger partial charge in [0.25, 0.3) is 10.0 Å². The van der Waals surface area contributed by atoms with Gasteiger partial charge in [-0.1, -0.05) is 11.6 Å². The van der Waals surface area contributed by atoms with Crippen LogP contribution in [0.15, 0.2) is 23.1 Å². The van der Waals surface area contributed by atoms with Crippen LogP contribution in [-0.2, 0) is 17.1 Å².